The van der Waals surface area contributed by atoms with E-state index in [9.17, 15) is 4.79 Å². The van der Waals surface area contributed by atoms with Crippen LogP contribution in [0.2, 0.25) is 0 Å². The zero-order chi connectivity index (χ0) is 14.5. The van der Waals surface area contributed by atoms with Gasteiger partial charge in [0.25, 0.3) is 0 Å². The molecule has 0 fully saturated rings. The molecule has 20 heavy (non-hydrogen) atoms. The first-order valence-electron chi connectivity index (χ1n) is 6.41. The lowest BCUT2D eigenvalue weighted by atomic mass is 9.94. The Kier molecular flexibility index (Phi) is 4.41. The molecule has 0 amide bonds. The number of benzene rings is 2. The van der Waals surface area contributed by atoms with Crippen molar-refractivity contribution in [3.8, 4) is 0 Å². The van der Waals surface area contributed by atoms with Crippen molar-refractivity contribution in [2.75, 3.05) is 19.0 Å². The van der Waals surface area contributed by atoms with Crippen LogP contribution in [0.3, 0.4) is 0 Å². The summed E-state index contributed by atoms with van der Waals surface area (Å²) < 4.78 is 0. The molecule has 0 saturated heterocycles. The molecule has 2 aromatic carbocycles. The highest BCUT2D eigenvalue weighted by Gasteiger charge is 2.00. The predicted molar refractivity (Wildman–Crippen MR) is 86.0 cm³/mol. The van der Waals surface area contributed by atoms with Crippen molar-refractivity contribution in [3.05, 3.63) is 65.7 Å². The highest BCUT2D eigenvalue weighted by Crippen LogP contribution is 2.13. The molecule has 2 aromatic rings. The van der Waals surface area contributed by atoms with E-state index in [1.807, 2.05) is 49.3 Å². The average Bonchev–Trinajstić information content (AvgIpc) is 2.46. The predicted octanol–water partition coefficient (Wildman–Crippen LogP) is 2.44. The molecule has 0 aliphatic heterocycles. The second kappa shape index (κ2) is 6.24. The lowest BCUT2D eigenvalue weighted by molar-refractivity contribution is 0.104. The van der Waals surface area contributed by atoms with Gasteiger partial charge in [-0.1, -0.05) is 47.9 Å². The van der Waals surface area contributed by atoms with Gasteiger partial charge in [-0.3, -0.25) is 4.79 Å². The molecule has 3 heteroatoms. The van der Waals surface area contributed by atoms with Crippen LogP contribution in [-0.2, 0) is 0 Å². The van der Waals surface area contributed by atoms with Crippen LogP contribution in [0.15, 0.2) is 54.6 Å². The molecule has 2 radical (unpaired) electrons. The first kappa shape index (κ1) is 14.1. The fraction of sp³-hybridized carbons (Fsp3) is 0.118. The van der Waals surface area contributed by atoms with Crippen molar-refractivity contribution in [2.45, 2.75) is 0 Å². The minimum absolute atomic E-state index is 0.0262. The van der Waals surface area contributed by atoms with E-state index in [0.29, 0.717) is 11.0 Å². The second-order valence-corrected chi connectivity index (χ2v) is 4.81. The highest BCUT2D eigenvalue weighted by atomic mass is 16.1. The molecule has 2 nitrogen and oxygen atoms in total. The third kappa shape index (κ3) is 3.61. The van der Waals surface area contributed by atoms with Crippen LogP contribution in [0.25, 0.3) is 6.08 Å². The molecular formula is C17H16BNO. The summed E-state index contributed by atoms with van der Waals surface area (Å²) in [7, 11) is 9.59. The maximum absolute atomic E-state index is 12.0. The molecule has 0 aliphatic carbocycles. The highest BCUT2D eigenvalue weighted by molar-refractivity contribution is 6.32. The third-order valence-corrected chi connectivity index (χ3v) is 3.03. The number of hydrogen-bond acceptors (Lipinski definition) is 2. The summed E-state index contributed by atoms with van der Waals surface area (Å²) in [6.45, 7) is 0. The van der Waals surface area contributed by atoms with Gasteiger partial charge in [0.05, 0.1) is 0 Å². The lowest BCUT2D eigenvalue weighted by Gasteiger charge is -2.11. The van der Waals surface area contributed by atoms with Crippen LogP contribution in [0.1, 0.15) is 15.9 Å². The minimum Gasteiger partial charge on any atom is -0.378 e. The number of anilines is 1. The maximum Gasteiger partial charge on any atom is 0.185 e. The minimum atomic E-state index is -0.0262. The molecule has 0 aromatic heterocycles. The van der Waals surface area contributed by atoms with E-state index in [0.717, 1.165) is 11.3 Å². The van der Waals surface area contributed by atoms with Crippen molar-refractivity contribution in [3.63, 3.8) is 0 Å². The number of carbonyl (C=O) groups excluding carboxylic acids is 1. The van der Waals surface area contributed by atoms with E-state index in [2.05, 4.69) is 0 Å². The van der Waals surface area contributed by atoms with Crippen LogP contribution < -0.4 is 10.4 Å². The Morgan fingerprint density at radius 2 is 1.60 bits per heavy atom. The van der Waals surface area contributed by atoms with Gasteiger partial charge in [-0.15, -0.1) is 0 Å². The Labute approximate surface area is 121 Å². The Balaban J connectivity index is 2.08. The van der Waals surface area contributed by atoms with Crippen molar-refractivity contribution >= 4 is 30.9 Å². The Hall–Kier alpha value is -2.29. The molecular weight excluding hydrogens is 245 g/mol. The first-order chi connectivity index (χ1) is 9.56. The van der Waals surface area contributed by atoms with Gasteiger partial charge in [-0.2, -0.15) is 0 Å². The van der Waals surface area contributed by atoms with Gasteiger partial charge in [-0.25, -0.2) is 0 Å². The average molecular weight is 261 g/mol. The zero-order valence-corrected chi connectivity index (χ0v) is 11.7. The van der Waals surface area contributed by atoms with Crippen LogP contribution in [0, 0.1) is 0 Å². The van der Waals surface area contributed by atoms with Crippen LogP contribution in [0.5, 0.6) is 0 Å². The normalized spacial score (nSPS) is 10.7. The van der Waals surface area contributed by atoms with E-state index in [1.165, 1.54) is 0 Å². The Bertz CT molecular complexity index is 612. The largest absolute Gasteiger partial charge is 0.378 e. The molecule has 0 aliphatic rings. The molecule has 0 heterocycles. The molecule has 0 unspecified atom stereocenters. The zero-order valence-electron chi connectivity index (χ0n) is 11.7. The topological polar surface area (TPSA) is 20.3 Å². The standard InChI is InChI=1S/C17H16BNO/c1-19(2)16-10-3-13(4-11-16)5-12-17(20)14-6-8-15(18)9-7-14/h3-12H,1-2H3/b12-5+. The second-order valence-electron chi connectivity index (χ2n) is 4.81. The van der Waals surface area contributed by atoms with E-state index in [-0.39, 0.29) is 5.78 Å². The van der Waals surface area contributed by atoms with Gasteiger partial charge in [0.2, 0.25) is 0 Å². The molecule has 98 valence electrons. The summed E-state index contributed by atoms with van der Waals surface area (Å²) >= 11 is 0. The summed E-state index contributed by atoms with van der Waals surface area (Å²) in [5, 5.41) is 0. The van der Waals surface area contributed by atoms with Gasteiger partial charge in [0, 0.05) is 25.3 Å². The monoisotopic (exact) mass is 261 g/mol. The molecule has 0 N–H and O–H groups in total. The van der Waals surface area contributed by atoms with Gasteiger partial charge in [0.15, 0.2) is 5.78 Å². The number of hydrogen-bond donors (Lipinski definition) is 0. The van der Waals surface area contributed by atoms with E-state index >= 15 is 0 Å². The summed E-state index contributed by atoms with van der Waals surface area (Å²) in [5.74, 6) is -0.0262. The van der Waals surface area contributed by atoms with Crippen LogP contribution >= 0.6 is 0 Å². The molecule has 0 saturated carbocycles. The fourth-order valence-corrected chi connectivity index (χ4v) is 1.80. The van der Waals surface area contributed by atoms with E-state index in [4.69, 9.17) is 7.85 Å². The van der Waals surface area contributed by atoms with Crippen molar-refractivity contribution in [1.82, 2.24) is 0 Å². The number of ketones is 1. The molecule has 0 bridgehead atoms. The summed E-state index contributed by atoms with van der Waals surface area (Å²) in [5.41, 5.74) is 3.43. The van der Waals surface area contributed by atoms with Crippen LogP contribution in [0.4, 0.5) is 5.69 Å². The lowest BCUT2D eigenvalue weighted by Crippen LogP contribution is -2.07. The van der Waals surface area contributed by atoms with Crippen molar-refractivity contribution in [1.29, 1.82) is 0 Å². The van der Waals surface area contributed by atoms with E-state index in [1.54, 1.807) is 30.3 Å². The molecule has 2 rings (SSSR count). The van der Waals surface area contributed by atoms with Gasteiger partial charge in [-0.05, 0) is 23.8 Å². The van der Waals surface area contributed by atoms with E-state index < -0.39 is 0 Å². The Morgan fingerprint density at radius 1 is 1.00 bits per heavy atom. The third-order valence-electron chi connectivity index (χ3n) is 3.03. The summed E-state index contributed by atoms with van der Waals surface area (Å²) in [6, 6.07) is 14.9. The van der Waals surface area contributed by atoms with Gasteiger partial charge in [0.1, 0.15) is 7.85 Å². The number of allylic oxidation sites excluding steroid dienone is 1. The summed E-state index contributed by atoms with van der Waals surface area (Å²) in [4.78, 5) is 14.0. The maximum atomic E-state index is 12.0. The first-order valence-corrected chi connectivity index (χ1v) is 6.41. The summed E-state index contributed by atoms with van der Waals surface area (Å²) in [6.07, 6.45) is 3.40. The van der Waals surface area contributed by atoms with Crippen LogP contribution in [-0.4, -0.2) is 27.7 Å². The SMILES string of the molecule is [B]c1ccc(C(=O)/C=C/c2ccc(N(C)C)cc2)cc1. The Morgan fingerprint density at radius 3 is 2.15 bits per heavy atom. The van der Waals surface area contributed by atoms with Crippen molar-refractivity contribution in [2.24, 2.45) is 0 Å². The molecule has 0 spiro atoms. The smallest absolute Gasteiger partial charge is 0.185 e. The van der Waals surface area contributed by atoms with Gasteiger partial charge < -0.3 is 4.90 Å². The van der Waals surface area contributed by atoms with Gasteiger partial charge >= 0.3 is 0 Å². The fourth-order valence-electron chi connectivity index (χ4n) is 1.80. The number of nitrogens with zero attached hydrogens (tertiary/aromatic N) is 1. The van der Waals surface area contributed by atoms with Crippen molar-refractivity contribution < 1.29 is 4.79 Å². The number of rotatable bonds is 4. The quantitative estimate of drug-likeness (QED) is 0.478. The number of carbonyl (C=O) groups is 1. The molecule has 0 atom stereocenters.